The van der Waals surface area contributed by atoms with Crippen LogP contribution in [0.25, 0.3) is 0 Å². The van der Waals surface area contributed by atoms with E-state index in [2.05, 4.69) is 16.6 Å². The predicted octanol–water partition coefficient (Wildman–Crippen LogP) is 0.878. The summed E-state index contributed by atoms with van der Waals surface area (Å²) in [6, 6.07) is 6.47. The fourth-order valence-electron chi connectivity index (χ4n) is 2.24. The fourth-order valence-corrected chi connectivity index (χ4v) is 3.56. The molecule has 1 aromatic rings. The van der Waals surface area contributed by atoms with Crippen molar-refractivity contribution in [1.82, 2.24) is 4.72 Å². The molecule has 1 aliphatic heterocycles. The Kier molecular flexibility index (Phi) is 5.01. The van der Waals surface area contributed by atoms with E-state index in [1.165, 1.54) is 6.07 Å². The van der Waals surface area contributed by atoms with Crippen molar-refractivity contribution in [3.8, 4) is 11.8 Å². The van der Waals surface area contributed by atoms with Crippen molar-refractivity contribution in [1.29, 1.82) is 0 Å². The van der Waals surface area contributed by atoms with Crippen LogP contribution in [0.15, 0.2) is 29.2 Å². The molecule has 1 fully saturated rings. The van der Waals surface area contributed by atoms with Crippen LogP contribution in [0.5, 0.6) is 0 Å². The van der Waals surface area contributed by atoms with E-state index in [-0.39, 0.29) is 18.0 Å². The van der Waals surface area contributed by atoms with E-state index in [1.807, 2.05) is 6.92 Å². The Labute approximate surface area is 125 Å². The molecule has 1 aromatic carbocycles. The van der Waals surface area contributed by atoms with Crippen molar-refractivity contribution in [2.45, 2.75) is 30.3 Å². The van der Waals surface area contributed by atoms with Crippen LogP contribution in [0.1, 0.15) is 25.3 Å². The number of hydrogen-bond acceptors (Lipinski definition) is 4. The van der Waals surface area contributed by atoms with Crippen molar-refractivity contribution in [3.63, 3.8) is 0 Å². The van der Waals surface area contributed by atoms with Crippen molar-refractivity contribution in [2.75, 3.05) is 19.8 Å². The van der Waals surface area contributed by atoms with Gasteiger partial charge in [0.15, 0.2) is 0 Å². The first-order valence-corrected chi connectivity index (χ1v) is 8.28. The lowest BCUT2D eigenvalue weighted by Gasteiger charge is -2.23. The molecule has 114 valence electrons. The van der Waals surface area contributed by atoms with Crippen molar-refractivity contribution >= 4 is 10.0 Å². The van der Waals surface area contributed by atoms with E-state index in [1.54, 1.807) is 18.2 Å². The van der Waals surface area contributed by atoms with Crippen molar-refractivity contribution in [3.05, 3.63) is 29.8 Å². The summed E-state index contributed by atoms with van der Waals surface area (Å²) in [5.41, 5.74) is -0.0738. The Bertz CT molecular complexity index is 652. The maximum atomic E-state index is 12.4. The van der Waals surface area contributed by atoms with Crippen LogP contribution in [0.3, 0.4) is 0 Å². The number of ether oxygens (including phenoxy) is 1. The topological polar surface area (TPSA) is 75.6 Å². The number of benzene rings is 1. The van der Waals surface area contributed by atoms with Gasteiger partial charge in [-0.15, -0.1) is 0 Å². The molecule has 5 nitrogen and oxygen atoms in total. The smallest absolute Gasteiger partial charge is 0.241 e. The van der Waals surface area contributed by atoms with Gasteiger partial charge in [0.05, 0.1) is 10.5 Å². The summed E-state index contributed by atoms with van der Waals surface area (Å²) in [4.78, 5) is 0.118. The number of rotatable bonds is 4. The Morgan fingerprint density at radius 3 is 2.86 bits per heavy atom. The fraction of sp³-hybridized carbons (Fsp3) is 0.467. The summed E-state index contributed by atoms with van der Waals surface area (Å²) in [5, 5.41) is 8.75. The van der Waals surface area contributed by atoms with Crippen LogP contribution in [0.2, 0.25) is 0 Å². The Morgan fingerprint density at radius 2 is 2.19 bits per heavy atom. The molecule has 0 aromatic heterocycles. The van der Waals surface area contributed by atoms with Gasteiger partial charge in [-0.3, -0.25) is 0 Å². The average Bonchev–Trinajstić information content (AvgIpc) is 2.91. The molecular formula is C15H19NO4S. The highest BCUT2D eigenvalue weighted by molar-refractivity contribution is 7.89. The van der Waals surface area contributed by atoms with Crippen LogP contribution in [0.4, 0.5) is 0 Å². The molecule has 0 radical (unpaired) electrons. The van der Waals surface area contributed by atoms with E-state index >= 15 is 0 Å². The maximum absolute atomic E-state index is 12.4. The highest BCUT2D eigenvalue weighted by atomic mass is 32.2. The number of aliphatic hydroxyl groups is 1. The van der Waals surface area contributed by atoms with E-state index in [0.29, 0.717) is 12.2 Å². The molecule has 0 bridgehead atoms. The van der Waals surface area contributed by atoms with E-state index in [0.717, 1.165) is 12.8 Å². The lowest BCUT2D eigenvalue weighted by Crippen LogP contribution is -2.40. The normalized spacial score (nSPS) is 21.8. The summed E-state index contributed by atoms with van der Waals surface area (Å²) in [6.07, 6.45) is 1.78. The average molecular weight is 309 g/mol. The monoisotopic (exact) mass is 309 g/mol. The first kappa shape index (κ1) is 16.0. The molecule has 2 rings (SSSR count). The maximum Gasteiger partial charge on any atom is 0.241 e. The second kappa shape index (κ2) is 6.58. The molecule has 1 atom stereocenters. The zero-order valence-corrected chi connectivity index (χ0v) is 12.7. The molecule has 1 aliphatic rings. The largest absolute Gasteiger partial charge is 0.384 e. The van der Waals surface area contributed by atoms with Gasteiger partial charge in [0.2, 0.25) is 10.0 Å². The number of nitrogens with one attached hydrogen (secondary N) is 1. The summed E-state index contributed by atoms with van der Waals surface area (Å²) < 4.78 is 33.0. The molecule has 1 saturated heterocycles. The van der Waals surface area contributed by atoms with Gasteiger partial charge in [-0.05, 0) is 31.9 Å². The van der Waals surface area contributed by atoms with Crippen LogP contribution in [-0.2, 0) is 14.8 Å². The predicted molar refractivity (Wildman–Crippen MR) is 79.2 cm³/mol. The number of hydrogen-bond donors (Lipinski definition) is 2. The molecule has 21 heavy (non-hydrogen) atoms. The van der Waals surface area contributed by atoms with E-state index in [9.17, 15) is 8.42 Å². The second-order valence-electron chi connectivity index (χ2n) is 5.18. The minimum atomic E-state index is -3.66. The zero-order valence-electron chi connectivity index (χ0n) is 11.9. The highest BCUT2D eigenvalue weighted by Gasteiger charge is 2.31. The van der Waals surface area contributed by atoms with Gasteiger partial charge < -0.3 is 9.84 Å². The van der Waals surface area contributed by atoms with Gasteiger partial charge in [0.25, 0.3) is 0 Å². The number of sulfonamides is 1. The third kappa shape index (κ3) is 4.05. The molecule has 1 unspecified atom stereocenters. The third-order valence-corrected chi connectivity index (χ3v) is 4.87. The van der Waals surface area contributed by atoms with Gasteiger partial charge >= 0.3 is 0 Å². The van der Waals surface area contributed by atoms with Gasteiger partial charge in [-0.25, -0.2) is 13.1 Å². The summed E-state index contributed by atoms with van der Waals surface area (Å²) in [6.45, 7) is 2.49. The van der Waals surface area contributed by atoms with Crippen molar-refractivity contribution in [2.24, 2.45) is 0 Å². The Hall–Kier alpha value is -1.39. The van der Waals surface area contributed by atoms with Crippen LogP contribution in [0, 0.1) is 11.8 Å². The highest BCUT2D eigenvalue weighted by Crippen LogP contribution is 2.25. The molecule has 2 N–H and O–H groups in total. The van der Waals surface area contributed by atoms with Crippen LogP contribution < -0.4 is 4.72 Å². The summed E-state index contributed by atoms with van der Waals surface area (Å²) in [7, 11) is -3.66. The molecule has 6 heteroatoms. The SMILES string of the molecule is CC1(CNS(=O)(=O)c2ccccc2C#CCO)CCCO1. The van der Waals surface area contributed by atoms with Crippen LogP contribution >= 0.6 is 0 Å². The van der Waals surface area contributed by atoms with Gasteiger partial charge in [-0.2, -0.15) is 0 Å². The Balaban J connectivity index is 2.19. The summed E-state index contributed by atoms with van der Waals surface area (Å²) in [5.74, 6) is 5.13. The molecule has 0 aliphatic carbocycles. The zero-order chi connectivity index (χ0) is 15.3. The van der Waals surface area contributed by atoms with Crippen LogP contribution in [-0.4, -0.2) is 38.9 Å². The Morgan fingerprint density at radius 1 is 1.43 bits per heavy atom. The molecule has 0 spiro atoms. The van der Waals surface area contributed by atoms with Gasteiger partial charge in [0.1, 0.15) is 6.61 Å². The van der Waals surface area contributed by atoms with E-state index in [4.69, 9.17) is 9.84 Å². The first-order valence-electron chi connectivity index (χ1n) is 6.79. The standard InChI is InChI=1S/C15H19NO4S/c1-15(9-5-11-20-15)12-16-21(18,19)14-8-3-2-6-13(14)7-4-10-17/h2-3,6,8,16-17H,5,9-12H2,1H3. The lowest BCUT2D eigenvalue weighted by atomic mass is 10.0. The second-order valence-corrected chi connectivity index (χ2v) is 6.92. The minimum Gasteiger partial charge on any atom is -0.384 e. The lowest BCUT2D eigenvalue weighted by molar-refractivity contribution is 0.0250. The number of aliphatic hydroxyl groups excluding tert-OH is 1. The molecule has 0 saturated carbocycles. The van der Waals surface area contributed by atoms with Gasteiger partial charge in [-0.1, -0.05) is 24.0 Å². The molecule has 1 heterocycles. The third-order valence-electron chi connectivity index (χ3n) is 3.42. The molecular weight excluding hydrogens is 290 g/mol. The quantitative estimate of drug-likeness (QED) is 0.810. The molecule has 0 amide bonds. The van der Waals surface area contributed by atoms with E-state index < -0.39 is 15.6 Å². The minimum absolute atomic E-state index is 0.118. The summed E-state index contributed by atoms with van der Waals surface area (Å²) >= 11 is 0. The van der Waals surface area contributed by atoms with Crippen molar-refractivity contribution < 1.29 is 18.3 Å². The van der Waals surface area contributed by atoms with Gasteiger partial charge in [0, 0.05) is 18.7 Å². The first-order chi connectivity index (χ1) is 9.97.